The van der Waals surface area contributed by atoms with E-state index in [4.69, 9.17) is 4.74 Å². The molecule has 2 aromatic carbocycles. The van der Waals surface area contributed by atoms with E-state index >= 15 is 0 Å². The van der Waals surface area contributed by atoms with Crippen molar-refractivity contribution in [2.24, 2.45) is 11.8 Å². The van der Waals surface area contributed by atoms with Gasteiger partial charge in [0.2, 0.25) is 5.56 Å². The van der Waals surface area contributed by atoms with Gasteiger partial charge in [-0.15, -0.1) is 0 Å². The number of aliphatic hydroxyl groups is 2. The van der Waals surface area contributed by atoms with Crippen LogP contribution in [-0.4, -0.2) is 70.5 Å². The van der Waals surface area contributed by atoms with Gasteiger partial charge >= 0.3 is 5.97 Å². The Hall–Kier alpha value is -3.24. The number of hydrogen-bond donors (Lipinski definition) is 5. The Morgan fingerprint density at radius 1 is 0.957 bits per heavy atom. The molecule has 5 N–H and O–H groups in total. The Balaban J connectivity index is 0.947. The van der Waals surface area contributed by atoms with Crippen LogP contribution in [0.3, 0.4) is 0 Å². The number of unbranched alkanes of at least 4 members (excludes halogenated alkanes) is 3. The number of nitrogens with one attached hydrogen (secondary N) is 2. The van der Waals surface area contributed by atoms with Crippen molar-refractivity contribution in [2.45, 2.75) is 82.3 Å². The van der Waals surface area contributed by atoms with Gasteiger partial charge in [-0.2, -0.15) is 0 Å². The highest BCUT2D eigenvalue weighted by Crippen LogP contribution is 2.40. The molecule has 9 heteroatoms. The number of carbonyl (C=O) groups is 1. The molecule has 2 aliphatic rings. The number of likely N-dealkylation sites (tertiary alicyclic amines) is 1. The summed E-state index contributed by atoms with van der Waals surface area (Å²) in [5, 5.41) is 36.5. The van der Waals surface area contributed by atoms with Crippen LogP contribution in [0.1, 0.15) is 87.9 Å². The monoisotopic (exact) mass is 633 g/mol. The molecule has 2 heterocycles. The van der Waals surface area contributed by atoms with Crippen LogP contribution in [0.4, 0.5) is 0 Å². The smallest absolute Gasteiger partial charge is 0.343 e. The van der Waals surface area contributed by atoms with Crippen LogP contribution in [0, 0.1) is 11.8 Å². The van der Waals surface area contributed by atoms with Gasteiger partial charge in [0.25, 0.3) is 0 Å². The fourth-order valence-corrected chi connectivity index (χ4v) is 7.25. The molecule has 1 saturated heterocycles. The van der Waals surface area contributed by atoms with Crippen LogP contribution < -0.4 is 10.9 Å². The van der Waals surface area contributed by atoms with Crippen LogP contribution >= 0.6 is 0 Å². The number of aromatic hydroxyl groups is 1. The van der Waals surface area contributed by atoms with Gasteiger partial charge in [-0.25, -0.2) is 4.79 Å². The molecule has 5 rings (SSSR count). The Kier molecular flexibility index (Phi) is 12.3. The maximum absolute atomic E-state index is 13.4. The lowest BCUT2D eigenvalue weighted by Crippen LogP contribution is -2.46. The van der Waals surface area contributed by atoms with E-state index in [9.17, 15) is 24.9 Å². The maximum Gasteiger partial charge on any atom is 0.343 e. The number of hydrogen-bond acceptors (Lipinski definition) is 8. The van der Waals surface area contributed by atoms with Gasteiger partial charge in [-0.1, -0.05) is 68.5 Å². The maximum atomic E-state index is 13.4. The molecule has 1 unspecified atom stereocenters. The number of pyridine rings is 1. The van der Waals surface area contributed by atoms with Crippen LogP contribution in [0.15, 0.2) is 59.4 Å². The first kappa shape index (κ1) is 34.1. The van der Waals surface area contributed by atoms with Gasteiger partial charge in [0.15, 0.2) is 5.60 Å². The van der Waals surface area contributed by atoms with Gasteiger partial charge in [0, 0.05) is 23.9 Å². The number of benzene rings is 2. The summed E-state index contributed by atoms with van der Waals surface area (Å²) in [7, 11) is 0. The van der Waals surface area contributed by atoms with Gasteiger partial charge in [0.05, 0.1) is 18.2 Å². The summed E-state index contributed by atoms with van der Waals surface area (Å²) in [6, 6.07) is 15.6. The van der Waals surface area contributed by atoms with Crippen molar-refractivity contribution in [3.05, 3.63) is 76.1 Å². The topological polar surface area (TPSA) is 135 Å². The van der Waals surface area contributed by atoms with Crippen molar-refractivity contribution in [2.75, 3.05) is 39.3 Å². The minimum absolute atomic E-state index is 0.00991. The third-order valence-electron chi connectivity index (χ3n) is 10.1. The second-order valence-electron chi connectivity index (χ2n) is 13.3. The molecule has 46 heavy (non-hydrogen) atoms. The van der Waals surface area contributed by atoms with Gasteiger partial charge < -0.3 is 35.3 Å². The highest BCUT2D eigenvalue weighted by molar-refractivity contribution is 5.87. The molecule has 0 amide bonds. The molecule has 0 spiro atoms. The predicted octanol–water partition coefficient (Wildman–Crippen LogP) is 5.14. The third-order valence-corrected chi connectivity index (χ3v) is 10.1. The first-order valence-electron chi connectivity index (χ1n) is 17.3. The SMILES string of the molecule is O=C(OCC1CCN(CCCCCCNC[C@@H](O)c2ccc(O)c3[nH]c(=O)ccc23)CC1)C(O)(c1ccccc1)C1CCCCC1. The molecule has 1 aromatic heterocycles. The van der Waals surface area contributed by atoms with Crippen molar-refractivity contribution < 1.29 is 24.9 Å². The number of phenols is 1. The minimum atomic E-state index is -1.57. The van der Waals surface area contributed by atoms with E-state index in [-0.39, 0.29) is 17.2 Å². The number of rotatable bonds is 15. The number of aliphatic hydroxyl groups excluding tert-OH is 1. The fraction of sp³-hybridized carbons (Fsp3) is 0.568. The van der Waals surface area contributed by atoms with E-state index in [2.05, 4.69) is 15.2 Å². The van der Waals surface area contributed by atoms with Crippen molar-refractivity contribution in [3.8, 4) is 5.75 Å². The number of ether oxygens (including phenoxy) is 1. The average Bonchev–Trinajstić information content (AvgIpc) is 3.09. The summed E-state index contributed by atoms with van der Waals surface area (Å²) in [5.74, 6) is -0.261. The normalized spacial score (nSPS) is 18.7. The number of aromatic nitrogens is 1. The summed E-state index contributed by atoms with van der Waals surface area (Å²) >= 11 is 0. The molecule has 250 valence electrons. The fourth-order valence-electron chi connectivity index (χ4n) is 7.25. The standard InChI is InChI=1S/C37H51N3O6/c41-32-17-15-30(31-16-18-34(43)39-35(31)32)33(42)25-38-21-9-1-2-10-22-40-23-19-27(20-24-40)26-46-36(44)37(45,28-11-5-3-6-12-28)29-13-7-4-8-14-29/h3,5-6,11-12,15-18,27,29,33,38,41-42,45H,1-2,4,7-10,13-14,19-26H2,(H,39,43)/t33-,37?/m1/s1. The summed E-state index contributed by atoms with van der Waals surface area (Å²) < 4.78 is 5.85. The highest BCUT2D eigenvalue weighted by Gasteiger charge is 2.47. The largest absolute Gasteiger partial charge is 0.506 e. The van der Waals surface area contributed by atoms with E-state index in [1.165, 1.54) is 12.1 Å². The first-order valence-corrected chi connectivity index (χ1v) is 17.3. The van der Waals surface area contributed by atoms with Crippen LogP contribution in [0.5, 0.6) is 5.75 Å². The molecule has 2 atom stereocenters. The molecule has 3 aromatic rings. The van der Waals surface area contributed by atoms with E-state index in [0.29, 0.717) is 41.1 Å². The number of nitrogens with zero attached hydrogens (tertiary/aromatic N) is 1. The lowest BCUT2D eigenvalue weighted by atomic mass is 9.73. The number of carbonyl (C=O) groups excluding carboxylic acids is 1. The second kappa shape index (κ2) is 16.5. The van der Waals surface area contributed by atoms with Gasteiger partial charge in [-0.3, -0.25) is 4.79 Å². The summed E-state index contributed by atoms with van der Waals surface area (Å²) in [6.45, 7) is 4.67. The Morgan fingerprint density at radius 2 is 1.70 bits per heavy atom. The van der Waals surface area contributed by atoms with E-state index in [0.717, 1.165) is 96.8 Å². The molecule has 1 aliphatic carbocycles. The molecule has 1 aliphatic heterocycles. The zero-order chi connectivity index (χ0) is 32.4. The molecule has 2 fully saturated rings. The van der Waals surface area contributed by atoms with Crippen molar-refractivity contribution >= 4 is 16.9 Å². The van der Waals surface area contributed by atoms with Crippen LogP contribution in [-0.2, 0) is 15.1 Å². The zero-order valence-corrected chi connectivity index (χ0v) is 27.0. The lowest BCUT2D eigenvalue weighted by molar-refractivity contribution is -0.177. The summed E-state index contributed by atoms with van der Waals surface area (Å²) in [6.07, 6.45) is 10.6. The average molecular weight is 634 g/mol. The first-order chi connectivity index (χ1) is 22.4. The Bertz CT molecular complexity index is 1450. The highest BCUT2D eigenvalue weighted by atomic mass is 16.5. The number of aromatic amines is 1. The predicted molar refractivity (Wildman–Crippen MR) is 180 cm³/mol. The summed E-state index contributed by atoms with van der Waals surface area (Å²) in [4.78, 5) is 30.2. The third kappa shape index (κ3) is 8.56. The lowest BCUT2D eigenvalue weighted by Gasteiger charge is -2.37. The zero-order valence-electron chi connectivity index (χ0n) is 27.0. The Labute approximate surface area is 272 Å². The molecular formula is C37H51N3O6. The van der Waals surface area contributed by atoms with Crippen molar-refractivity contribution in [3.63, 3.8) is 0 Å². The van der Waals surface area contributed by atoms with Gasteiger partial charge in [0.1, 0.15) is 5.75 Å². The van der Waals surface area contributed by atoms with E-state index in [1.807, 2.05) is 30.3 Å². The van der Waals surface area contributed by atoms with Gasteiger partial charge in [-0.05, 0) is 93.9 Å². The van der Waals surface area contributed by atoms with Crippen LogP contribution in [0.25, 0.3) is 10.9 Å². The van der Waals surface area contributed by atoms with E-state index in [1.54, 1.807) is 12.1 Å². The summed E-state index contributed by atoms with van der Waals surface area (Å²) in [5.41, 5.74) is -0.192. The number of fused-ring (bicyclic) bond motifs is 1. The molecule has 0 radical (unpaired) electrons. The molecular weight excluding hydrogens is 582 g/mol. The van der Waals surface area contributed by atoms with E-state index < -0.39 is 17.7 Å². The number of H-pyrrole nitrogens is 1. The van der Waals surface area contributed by atoms with Crippen molar-refractivity contribution in [1.82, 2.24) is 15.2 Å². The number of esters is 1. The Morgan fingerprint density at radius 3 is 2.46 bits per heavy atom. The molecule has 1 saturated carbocycles. The number of phenolic OH excluding ortho intramolecular Hbond substituents is 1. The molecule has 0 bridgehead atoms. The molecule has 9 nitrogen and oxygen atoms in total. The number of piperidine rings is 1. The van der Waals surface area contributed by atoms with Crippen LogP contribution in [0.2, 0.25) is 0 Å². The second-order valence-corrected chi connectivity index (χ2v) is 13.3. The quantitative estimate of drug-likeness (QED) is 0.115. The minimum Gasteiger partial charge on any atom is -0.506 e. The van der Waals surface area contributed by atoms with Crippen molar-refractivity contribution in [1.29, 1.82) is 0 Å².